The number of nitrogens with two attached hydrogens (primary N) is 1. The molecule has 1 fully saturated rings. The minimum absolute atomic E-state index is 0.0539. The predicted molar refractivity (Wildman–Crippen MR) is 109 cm³/mol. The maximum absolute atomic E-state index is 12.7. The van der Waals surface area contributed by atoms with Gasteiger partial charge in [0.25, 0.3) is 5.91 Å². The van der Waals surface area contributed by atoms with Gasteiger partial charge in [0, 0.05) is 38.4 Å². The molecule has 1 aliphatic rings. The zero-order chi connectivity index (χ0) is 19.2. The summed E-state index contributed by atoms with van der Waals surface area (Å²) >= 11 is 0. The van der Waals surface area contributed by atoms with Crippen LogP contribution in [0, 0.1) is 0 Å². The normalized spacial score (nSPS) is 16.1. The van der Waals surface area contributed by atoms with E-state index in [1.807, 2.05) is 54.3 Å². The maximum atomic E-state index is 12.7. The van der Waals surface area contributed by atoms with E-state index in [4.69, 9.17) is 10.5 Å². The van der Waals surface area contributed by atoms with Crippen molar-refractivity contribution in [1.29, 1.82) is 0 Å². The highest BCUT2D eigenvalue weighted by molar-refractivity contribution is 5.81. The number of benzene rings is 2. The van der Waals surface area contributed by atoms with Gasteiger partial charge in [-0.05, 0) is 48.7 Å². The van der Waals surface area contributed by atoms with Gasteiger partial charge in [-0.1, -0.05) is 31.2 Å². The molecule has 2 N–H and O–H groups in total. The van der Waals surface area contributed by atoms with Gasteiger partial charge in [-0.2, -0.15) is 0 Å². The second-order valence-corrected chi connectivity index (χ2v) is 7.10. The van der Waals surface area contributed by atoms with Crippen LogP contribution in [0.2, 0.25) is 0 Å². The average molecular weight is 367 g/mol. The molecule has 27 heavy (non-hydrogen) atoms. The SMILES string of the molecule is CCc1ccc(OC(C)C(=O)N2CCN(Cc3cccc(N)c3)CC2)cc1. The Balaban J connectivity index is 1.48. The second-order valence-electron chi connectivity index (χ2n) is 7.10. The highest BCUT2D eigenvalue weighted by atomic mass is 16.5. The zero-order valence-corrected chi connectivity index (χ0v) is 16.2. The third-order valence-corrected chi connectivity index (χ3v) is 5.03. The van der Waals surface area contributed by atoms with Gasteiger partial charge in [-0.3, -0.25) is 9.69 Å². The standard InChI is InChI=1S/C22H29N3O2/c1-3-18-7-9-21(10-8-18)27-17(2)22(26)25-13-11-24(12-14-25)16-19-5-4-6-20(23)15-19/h4-10,15,17H,3,11-14,16,23H2,1-2H3. The van der Waals surface area contributed by atoms with E-state index in [0.717, 1.165) is 50.6 Å². The second kappa shape index (κ2) is 8.91. The molecule has 1 unspecified atom stereocenters. The van der Waals surface area contributed by atoms with E-state index < -0.39 is 6.10 Å². The molecule has 0 bridgehead atoms. The van der Waals surface area contributed by atoms with E-state index in [0.29, 0.717) is 0 Å². The van der Waals surface area contributed by atoms with Crippen LogP contribution in [0.3, 0.4) is 0 Å². The Bertz CT molecular complexity index is 752. The first-order chi connectivity index (χ1) is 13.0. The molecule has 3 rings (SSSR count). The van der Waals surface area contributed by atoms with Crippen molar-refractivity contribution in [1.82, 2.24) is 9.80 Å². The summed E-state index contributed by atoms with van der Waals surface area (Å²) in [6.07, 6.45) is 0.521. The van der Waals surface area contributed by atoms with Gasteiger partial charge in [0.05, 0.1) is 0 Å². The lowest BCUT2D eigenvalue weighted by molar-refractivity contribution is -0.139. The Hall–Kier alpha value is -2.53. The highest BCUT2D eigenvalue weighted by Crippen LogP contribution is 2.16. The number of carbonyl (C=O) groups excluding carboxylic acids is 1. The van der Waals surface area contributed by atoms with Gasteiger partial charge < -0.3 is 15.4 Å². The van der Waals surface area contributed by atoms with E-state index in [-0.39, 0.29) is 5.91 Å². The first-order valence-corrected chi connectivity index (χ1v) is 9.66. The van der Waals surface area contributed by atoms with Crippen LogP contribution in [0.4, 0.5) is 5.69 Å². The van der Waals surface area contributed by atoms with Crippen LogP contribution >= 0.6 is 0 Å². The van der Waals surface area contributed by atoms with Crippen LogP contribution in [-0.4, -0.2) is 48.0 Å². The number of anilines is 1. The molecule has 0 aliphatic carbocycles. The van der Waals surface area contributed by atoms with Gasteiger partial charge in [-0.15, -0.1) is 0 Å². The number of hydrogen-bond acceptors (Lipinski definition) is 4. The summed E-state index contributed by atoms with van der Waals surface area (Å²) in [6, 6.07) is 15.9. The van der Waals surface area contributed by atoms with Crippen molar-refractivity contribution < 1.29 is 9.53 Å². The third kappa shape index (κ3) is 5.23. The number of ether oxygens (including phenoxy) is 1. The Morgan fingerprint density at radius 2 is 1.78 bits per heavy atom. The maximum Gasteiger partial charge on any atom is 0.263 e. The van der Waals surface area contributed by atoms with Crippen LogP contribution < -0.4 is 10.5 Å². The lowest BCUT2D eigenvalue weighted by Crippen LogP contribution is -2.51. The van der Waals surface area contributed by atoms with E-state index in [9.17, 15) is 4.79 Å². The number of nitrogen functional groups attached to an aromatic ring is 1. The number of piperazine rings is 1. The number of nitrogens with zero attached hydrogens (tertiary/aromatic N) is 2. The summed E-state index contributed by atoms with van der Waals surface area (Å²) in [6.45, 7) is 7.98. The molecular formula is C22H29N3O2. The summed E-state index contributed by atoms with van der Waals surface area (Å²) in [5, 5.41) is 0. The lowest BCUT2D eigenvalue weighted by atomic mass is 10.1. The Morgan fingerprint density at radius 1 is 1.07 bits per heavy atom. The predicted octanol–water partition coefficient (Wildman–Crippen LogP) is 2.94. The number of rotatable bonds is 6. The molecule has 5 heteroatoms. The van der Waals surface area contributed by atoms with Crippen molar-refractivity contribution in [3.63, 3.8) is 0 Å². The summed E-state index contributed by atoms with van der Waals surface area (Å²) in [7, 11) is 0. The lowest BCUT2D eigenvalue weighted by Gasteiger charge is -2.36. The van der Waals surface area contributed by atoms with Crippen LogP contribution in [0.1, 0.15) is 25.0 Å². The summed E-state index contributed by atoms with van der Waals surface area (Å²) in [5.74, 6) is 0.798. The molecule has 0 aromatic heterocycles. The van der Waals surface area contributed by atoms with Crippen LogP contribution in [0.5, 0.6) is 5.75 Å². The molecule has 2 aromatic carbocycles. The molecule has 1 heterocycles. The van der Waals surface area contributed by atoms with E-state index in [1.165, 1.54) is 11.1 Å². The van der Waals surface area contributed by atoms with Crippen LogP contribution in [-0.2, 0) is 17.8 Å². The van der Waals surface area contributed by atoms with Crippen LogP contribution in [0.15, 0.2) is 48.5 Å². The van der Waals surface area contributed by atoms with Gasteiger partial charge >= 0.3 is 0 Å². The number of hydrogen-bond donors (Lipinski definition) is 1. The Labute approximate surface area is 161 Å². The molecule has 1 atom stereocenters. The minimum Gasteiger partial charge on any atom is -0.481 e. The Morgan fingerprint density at radius 3 is 2.41 bits per heavy atom. The van der Waals surface area contributed by atoms with Gasteiger partial charge in [-0.25, -0.2) is 0 Å². The van der Waals surface area contributed by atoms with E-state index >= 15 is 0 Å². The highest BCUT2D eigenvalue weighted by Gasteiger charge is 2.26. The average Bonchev–Trinajstić information content (AvgIpc) is 2.68. The molecule has 0 radical (unpaired) electrons. The van der Waals surface area contributed by atoms with Gasteiger partial charge in [0.1, 0.15) is 5.75 Å². The molecule has 1 amide bonds. The molecule has 1 saturated heterocycles. The van der Waals surface area contributed by atoms with E-state index in [2.05, 4.69) is 17.9 Å². The van der Waals surface area contributed by atoms with E-state index in [1.54, 1.807) is 0 Å². The fourth-order valence-electron chi connectivity index (χ4n) is 3.39. The molecule has 0 spiro atoms. The smallest absolute Gasteiger partial charge is 0.263 e. The third-order valence-electron chi connectivity index (χ3n) is 5.03. The molecular weight excluding hydrogens is 338 g/mol. The van der Waals surface area contributed by atoms with Gasteiger partial charge in [0.15, 0.2) is 6.10 Å². The van der Waals surface area contributed by atoms with Crippen molar-refractivity contribution in [2.75, 3.05) is 31.9 Å². The molecule has 144 valence electrons. The molecule has 0 saturated carbocycles. The first-order valence-electron chi connectivity index (χ1n) is 9.66. The zero-order valence-electron chi connectivity index (χ0n) is 16.2. The number of aryl methyl sites for hydroxylation is 1. The Kier molecular flexibility index (Phi) is 6.35. The fraction of sp³-hybridized carbons (Fsp3) is 0.409. The summed E-state index contributed by atoms with van der Waals surface area (Å²) in [4.78, 5) is 17.0. The van der Waals surface area contributed by atoms with Crippen LogP contribution in [0.25, 0.3) is 0 Å². The largest absolute Gasteiger partial charge is 0.481 e. The monoisotopic (exact) mass is 367 g/mol. The molecule has 5 nitrogen and oxygen atoms in total. The minimum atomic E-state index is -0.474. The number of amides is 1. The summed E-state index contributed by atoms with van der Waals surface area (Å²) < 4.78 is 5.85. The molecule has 1 aliphatic heterocycles. The number of carbonyl (C=O) groups is 1. The van der Waals surface area contributed by atoms with Gasteiger partial charge in [0.2, 0.25) is 0 Å². The molecule has 2 aromatic rings. The first kappa shape index (κ1) is 19.2. The quantitative estimate of drug-likeness (QED) is 0.798. The van der Waals surface area contributed by atoms with Crippen molar-refractivity contribution in [2.24, 2.45) is 0 Å². The van der Waals surface area contributed by atoms with Crippen molar-refractivity contribution in [3.05, 3.63) is 59.7 Å². The van der Waals surface area contributed by atoms with Crippen molar-refractivity contribution in [2.45, 2.75) is 32.9 Å². The van der Waals surface area contributed by atoms with Crippen molar-refractivity contribution in [3.8, 4) is 5.75 Å². The topological polar surface area (TPSA) is 58.8 Å². The van der Waals surface area contributed by atoms with Crippen molar-refractivity contribution >= 4 is 11.6 Å². The fourth-order valence-corrected chi connectivity index (χ4v) is 3.39. The summed E-state index contributed by atoms with van der Waals surface area (Å²) in [5.41, 5.74) is 9.12.